The van der Waals surface area contributed by atoms with Crippen LogP contribution in [0.4, 0.5) is 0 Å². The van der Waals surface area contributed by atoms with Crippen LogP contribution in [0.5, 0.6) is 0 Å². The van der Waals surface area contributed by atoms with Crippen LogP contribution in [0.1, 0.15) is 12.0 Å². The first-order valence-electron chi connectivity index (χ1n) is 21.4. The van der Waals surface area contributed by atoms with Gasteiger partial charge in [-0.25, -0.2) is 4.98 Å². The minimum Gasteiger partial charge on any atom is -0.310 e. The number of hydrogen-bond donors (Lipinski definition) is 0. The number of para-hydroxylation sites is 2. The third-order valence-corrected chi connectivity index (χ3v) is 12.3. The van der Waals surface area contributed by atoms with Crippen LogP contribution < -0.4 is 0 Å². The zero-order valence-electron chi connectivity index (χ0n) is 34.4. The molecule has 1 aliphatic carbocycles. The quantitative estimate of drug-likeness (QED) is 0.161. The van der Waals surface area contributed by atoms with E-state index in [-0.39, 0.29) is 0 Å². The topological polar surface area (TPSA) is 48.5 Å². The van der Waals surface area contributed by atoms with Crippen LogP contribution in [0.15, 0.2) is 224 Å². The standard InChI is InChI=1S/C58H39N5/c1-38-29-34-45(42-21-9-4-10-22-42)53(37-38)62-51-27-15-13-24-46(51)48-35-36-49-47-25-14-16-28-52(47)63(55(49)54(48)62)58-60-56(43-32-30-40(31-33-43)39-17-5-2-6-18-39)59-57(61-58)50-26-12-11-23-44(50)41-19-7-3-8-20-41/h2-36H,1,37H2. The van der Waals surface area contributed by atoms with Gasteiger partial charge in [-0.05, 0) is 45.5 Å². The molecule has 3 heterocycles. The fourth-order valence-electron chi connectivity index (χ4n) is 9.44. The molecular formula is C58H39N5. The third-order valence-electron chi connectivity index (χ3n) is 12.3. The fourth-order valence-corrected chi connectivity index (χ4v) is 9.44. The minimum atomic E-state index is 0.547. The van der Waals surface area contributed by atoms with E-state index in [1.54, 1.807) is 0 Å². The monoisotopic (exact) mass is 805 g/mol. The molecular weight excluding hydrogens is 767 g/mol. The molecule has 0 amide bonds. The van der Waals surface area contributed by atoms with Crippen molar-refractivity contribution in [3.8, 4) is 51.0 Å². The second-order valence-electron chi connectivity index (χ2n) is 16.1. The van der Waals surface area contributed by atoms with Crippen LogP contribution in [0.3, 0.4) is 0 Å². The molecule has 0 atom stereocenters. The van der Waals surface area contributed by atoms with E-state index in [0.29, 0.717) is 24.0 Å². The SMILES string of the molecule is C=C1C=CC(c2ccccc2)=C(n2c3ccccc3c3ccc4c5ccccc5n(-c5nc(-c6ccc(-c7ccccc7)cc6)nc(-c6ccccc6-c6ccccc6)n5)c4c32)C1. The summed E-state index contributed by atoms with van der Waals surface area (Å²) in [4.78, 5) is 16.3. The van der Waals surface area contributed by atoms with Crippen LogP contribution >= 0.6 is 0 Å². The Kier molecular flexibility index (Phi) is 8.64. The van der Waals surface area contributed by atoms with E-state index in [2.05, 4.69) is 216 Å². The maximum absolute atomic E-state index is 5.49. The number of benzene rings is 8. The van der Waals surface area contributed by atoms with E-state index >= 15 is 0 Å². The van der Waals surface area contributed by atoms with Crippen LogP contribution in [-0.4, -0.2) is 24.1 Å². The second kappa shape index (κ2) is 14.9. The van der Waals surface area contributed by atoms with Crippen molar-refractivity contribution in [2.75, 3.05) is 0 Å². The van der Waals surface area contributed by atoms with Crippen molar-refractivity contribution in [3.05, 3.63) is 230 Å². The molecule has 0 unspecified atom stereocenters. The second-order valence-corrected chi connectivity index (χ2v) is 16.1. The molecule has 1 aliphatic rings. The fraction of sp³-hybridized carbons (Fsp3) is 0.0172. The lowest BCUT2D eigenvalue weighted by molar-refractivity contribution is 0.953. The van der Waals surface area contributed by atoms with Gasteiger partial charge in [0.05, 0.1) is 22.1 Å². The molecule has 0 spiro atoms. The molecule has 11 aromatic rings. The van der Waals surface area contributed by atoms with E-state index in [9.17, 15) is 0 Å². The number of nitrogens with zero attached hydrogens (tertiary/aromatic N) is 5. The molecule has 12 rings (SSSR count). The van der Waals surface area contributed by atoms with Gasteiger partial charge in [0.15, 0.2) is 11.6 Å². The van der Waals surface area contributed by atoms with Crippen LogP contribution in [0.25, 0.3) is 106 Å². The Hall–Kier alpha value is -8.41. The average molecular weight is 806 g/mol. The van der Waals surface area contributed by atoms with Gasteiger partial charge < -0.3 is 4.57 Å². The lowest BCUT2D eigenvalue weighted by atomic mass is 9.94. The van der Waals surface area contributed by atoms with Crippen LogP contribution in [-0.2, 0) is 0 Å². The summed E-state index contributed by atoms with van der Waals surface area (Å²) in [6.45, 7) is 4.49. The van der Waals surface area contributed by atoms with E-state index in [0.717, 1.165) is 82.7 Å². The highest BCUT2D eigenvalue weighted by atomic mass is 15.2. The predicted molar refractivity (Wildman–Crippen MR) is 261 cm³/mol. The molecule has 0 fully saturated rings. The van der Waals surface area contributed by atoms with E-state index in [1.165, 1.54) is 16.7 Å². The van der Waals surface area contributed by atoms with Crippen LogP contribution in [0, 0.1) is 0 Å². The molecule has 0 N–H and O–H groups in total. The van der Waals surface area contributed by atoms with Gasteiger partial charge in [-0.15, -0.1) is 0 Å². The van der Waals surface area contributed by atoms with Gasteiger partial charge in [-0.2, -0.15) is 9.97 Å². The largest absolute Gasteiger partial charge is 0.310 e. The van der Waals surface area contributed by atoms with Gasteiger partial charge in [0, 0.05) is 50.4 Å². The number of fused-ring (bicyclic) bond motifs is 7. The normalized spacial score (nSPS) is 12.9. The lowest BCUT2D eigenvalue weighted by Gasteiger charge is -2.22. The van der Waals surface area contributed by atoms with Crippen molar-refractivity contribution < 1.29 is 0 Å². The van der Waals surface area contributed by atoms with Crippen molar-refractivity contribution in [1.82, 2.24) is 24.1 Å². The third kappa shape index (κ3) is 6.13. The number of rotatable bonds is 7. The molecule has 5 heteroatoms. The van der Waals surface area contributed by atoms with E-state index in [1.807, 2.05) is 12.1 Å². The summed E-state index contributed by atoms with van der Waals surface area (Å²) in [6.07, 6.45) is 5.07. The summed E-state index contributed by atoms with van der Waals surface area (Å²) < 4.78 is 4.76. The van der Waals surface area contributed by atoms with Crippen molar-refractivity contribution in [1.29, 1.82) is 0 Å². The van der Waals surface area contributed by atoms with Gasteiger partial charge in [0.1, 0.15) is 0 Å². The minimum absolute atomic E-state index is 0.547. The van der Waals surface area contributed by atoms with Crippen LogP contribution in [0.2, 0.25) is 0 Å². The summed E-state index contributed by atoms with van der Waals surface area (Å²) in [7, 11) is 0. The zero-order chi connectivity index (χ0) is 41.9. The Morgan fingerprint density at radius 2 is 0.857 bits per heavy atom. The molecule has 0 saturated heterocycles. The molecule has 0 radical (unpaired) electrons. The van der Waals surface area contributed by atoms with Gasteiger partial charge in [0.25, 0.3) is 0 Å². The summed E-state index contributed by atoms with van der Waals surface area (Å²) in [5.74, 6) is 1.74. The highest BCUT2D eigenvalue weighted by molar-refractivity contribution is 6.24. The highest BCUT2D eigenvalue weighted by Crippen LogP contribution is 2.45. The first kappa shape index (κ1) is 36.4. The summed E-state index contributed by atoms with van der Waals surface area (Å²) in [5.41, 5.74) is 15.1. The molecule has 0 bridgehead atoms. The number of hydrogen-bond acceptors (Lipinski definition) is 3. The molecule has 3 aromatic heterocycles. The first-order chi connectivity index (χ1) is 31.2. The summed E-state index contributed by atoms with van der Waals surface area (Å²) in [6, 6.07) is 70.5. The highest BCUT2D eigenvalue weighted by Gasteiger charge is 2.26. The van der Waals surface area contributed by atoms with Crippen molar-refractivity contribution in [2.45, 2.75) is 6.42 Å². The lowest BCUT2D eigenvalue weighted by Crippen LogP contribution is -2.08. The average Bonchev–Trinajstić information content (AvgIpc) is 3.88. The Morgan fingerprint density at radius 3 is 1.52 bits per heavy atom. The van der Waals surface area contributed by atoms with Gasteiger partial charge in [0.2, 0.25) is 5.95 Å². The molecule has 0 saturated carbocycles. The number of allylic oxidation sites excluding steroid dienone is 5. The van der Waals surface area contributed by atoms with E-state index < -0.39 is 0 Å². The molecule has 5 nitrogen and oxygen atoms in total. The smallest absolute Gasteiger partial charge is 0.238 e. The van der Waals surface area contributed by atoms with Gasteiger partial charge in [-0.3, -0.25) is 4.57 Å². The Morgan fingerprint density at radius 1 is 0.365 bits per heavy atom. The predicted octanol–water partition coefficient (Wildman–Crippen LogP) is 14.6. The van der Waals surface area contributed by atoms with Crippen molar-refractivity contribution >= 4 is 54.9 Å². The van der Waals surface area contributed by atoms with Crippen molar-refractivity contribution in [2.24, 2.45) is 0 Å². The van der Waals surface area contributed by atoms with Gasteiger partial charge >= 0.3 is 0 Å². The Bertz CT molecular complexity index is 3630. The maximum atomic E-state index is 5.49. The molecule has 63 heavy (non-hydrogen) atoms. The maximum Gasteiger partial charge on any atom is 0.238 e. The summed E-state index contributed by atoms with van der Waals surface area (Å²) in [5, 5.41) is 4.58. The van der Waals surface area contributed by atoms with Gasteiger partial charge in [-0.1, -0.05) is 207 Å². The van der Waals surface area contributed by atoms with E-state index in [4.69, 9.17) is 15.0 Å². The summed E-state index contributed by atoms with van der Waals surface area (Å²) >= 11 is 0. The molecule has 0 aliphatic heterocycles. The van der Waals surface area contributed by atoms with Crippen molar-refractivity contribution in [3.63, 3.8) is 0 Å². The zero-order valence-corrected chi connectivity index (χ0v) is 34.4. The molecule has 296 valence electrons. The Labute approximate surface area is 364 Å². The first-order valence-corrected chi connectivity index (χ1v) is 21.4. The molecule has 8 aromatic carbocycles. The Balaban J connectivity index is 1.19. The number of aromatic nitrogens is 5.